The molecule has 1 aliphatic heterocycles. The van der Waals surface area contributed by atoms with Crippen LogP contribution in [0, 0.1) is 0 Å². The molecule has 0 saturated carbocycles. The molecule has 0 bridgehead atoms. The van der Waals surface area contributed by atoms with Gasteiger partial charge in [0.15, 0.2) is 17.2 Å². The van der Waals surface area contributed by atoms with Crippen LogP contribution in [-0.2, 0) is 9.53 Å². The summed E-state index contributed by atoms with van der Waals surface area (Å²) in [5.41, 5.74) is 1.67. The summed E-state index contributed by atoms with van der Waals surface area (Å²) in [7, 11) is 1.45. The molecule has 0 radical (unpaired) electrons. The topological polar surface area (TPSA) is 74.2 Å². The maximum Gasteiger partial charge on any atom is 0.363 e. The molecule has 1 heterocycles. The summed E-state index contributed by atoms with van der Waals surface area (Å²) < 4.78 is 16.0. The van der Waals surface area contributed by atoms with Crippen molar-refractivity contribution in [3.8, 4) is 11.5 Å². The van der Waals surface area contributed by atoms with E-state index in [1.807, 2.05) is 0 Å². The first-order chi connectivity index (χ1) is 15.4. The first-order valence-electron chi connectivity index (χ1n) is 9.37. The normalized spacial score (nSPS) is 14.2. The minimum absolute atomic E-state index is 0.118. The number of halogens is 2. The number of rotatable bonds is 5. The Bertz CT molecular complexity index is 1270. The van der Waals surface area contributed by atoms with E-state index in [-0.39, 0.29) is 17.3 Å². The van der Waals surface area contributed by atoms with E-state index in [4.69, 9.17) is 37.4 Å². The molecule has 0 saturated heterocycles. The standard InChI is InChI=1S/C24H15Cl2NO5/c1-30-21-12-14(5-10-20(21)31-23(28)15-6-8-17(25)9-7-15)11-19-24(29)32-22(27-19)16-3-2-4-18(26)13-16/h2-13H,1H3/b19-11-. The van der Waals surface area contributed by atoms with Gasteiger partial charge in [0.05, 0.1) is 12.7 Å². The summed E-state index contributed by atoms with van der Waals surface area (Å²) in [5.74, 6) is -0.429. The number of methoxy groups -OCH3 is 1. The highest BCUT2D eigenvalue weighted by molar-refractivity contribution is 6.31. The summed E-state index contributed by atoms with van der Waals surface area (Å²) in [6, 6.07) is 18.1. The number of cyclic esters (lactones) is 1. The molecule has 0 unspecified atom stereocenters. The highest BCUT2D eigenvalue weighted by Gasteiger charge is 2.24. The summed E-state index contributed by atoms with van der Waals surface area (Å²) in [4.78, 5) is 28.9. The van der Waals surface area contributed by atoms with Gasteiger partial charge in [-0.15, -0.1) is 0 Å². The van der Waals surface area contributed by atoms with Crippen molar-refractivity contribution in [2.75, 3.05) is 7.11 Å². The first-order valence-corrected chi connectivity index (χ1v) is 10.1. The quantitative estimate of drug-likeness (QED) is 0.278. The van der Waals surface area contributed by atoms with E-state index < -0.39 is 11.9 Å². The van der Waals surface area contributed by atoms with Crippen LogP contribution < -0.4 is 9.47 Å². The van der Waals surface area contributed by atoms with E-state index in [0.29, 0.717) is 32.5 Å². The lowest BCUT2D eigenvalue weighted by molar-refractivity contribution is -0.129. The van der Waals surface area contributed by atoms with E-state index in [0.717, 1.165) is 0 Å². The Morgan fingerprint density at radius 2 is 1.75 bits per heavy atom. The fraction of sp³-hybridized carbons (Fsp3) is 0.0417. The van der Waals surface area contributed by atoms with Crippen LogP contribution in [0.3, 0.4) is 0 Å². The van der Waals surface area contributed by atoms with Gasteiger partial charge < -0.3 is 14.2 Å². The van der Waals surface area contributed by atoms with Gasteiger partial charge in [0.2, 0.25) is 5.90 Å². The van der Waals surface area contributed by atoms with Crippen molar-refractivity contribution in [3.05, 3.63) is 99.2 Å². The second-order valence-electron chi connectivity index (χ2n) is 6.65. The molecule has 160 valence electrons. The Balaban J connectivity index is 1.57. The predicted octanol–water partition coefficient (Wildman–Crippen LogP) is 5.57. The second kappa shape index (κ2) is 9.26. The van der Waals surface area contributed by atoms with Crippen LogP contribution >= 0.6 is 23.2 Å². The maximum absolute atomic E-state index is 12.4. The monoisotopic (exact) mass is 467 g/mol. The van der Waals surface area contributed by atoms with Crippen molar-refractivity contribution in [1.82, 2.24) is 0 Å². The molecule has 32 heavy (non-hydrogen) atoms. The van der Waals surface area contributed by atoms with Gasteiger partial charge in [0, 0.05) is 15.6 Å². The number of hydrogen-bond acceptors (Lipinski definition) is 6. The number of nitrogens with zero attached hydrogens (tertiary/aromatic N) is 1. The molecule has 3 aromatic carbocycles. The van der Waals surface area contributed by atoms with Gasteiger partial charge >= 0.3 is 11.9 Å². The molecule has 0 spiro atoms. The number of benzene rings is 3. The summed E-state index contributed by atoms with van der Waals surface area (Å²) >= 11 is 11.8. The van der Waals surface area contributed by atoms with Crippen LogP contribution in [0.25, 0.3) is 6.08 Å². The number of carbonyl (C=O) groups is 2. The molecule has 8 heteroatoms. The Hall–Kier alpha value is -3.61. The van der Waals surface area contributed by atoms with Gasteiger partial charge in [-0.2, -0.15) is 0 Å². The van der Waals surface area contributed by atoms with Crippen molar-refractivity contribution >= 4 is 47.1 Å². The van der Waals surface area contributed by atoms with E-state index >= 15 is 0 Å². The van der Waals surface area contributed by atoms with Crippen LogP contribution in [0.2, 0.25) is 10.0 Å². The maximum atomic E-state index is 12.4. The van der Waals surface area contributed by atoms with Gasteiger partial charge in [-0.3, -0.25) is 0 Å². The number of hydrogen-bond donors (Lipinski definition) is 0. The fourth-order valence-corrected chi connectivity index (χ4v) is 3.23. The van der Waals surface area contributed by atoms with Gasteiger partial charge in [0.1, 0.15) is 0 Å². The van der Waals surface area contributed by atoms with Crippen LogP contribution in [-0.4, -0.2) is 24.9 Å². The average molecular weight is 468 g/mol. The largest absolute Gasteiger partial charge is 0.493 e. The Labute approximate surface area is 193 Å². The second-order valence-corrected chi connectivity index (χ2v) is 7.53. The lowest BCUT2D eigenvalue weighted by Gasteiger charge is -2.10. The Kier molecular flexibility index (Phi) is 6.25. The number of ether oxygens (including phenoxy) is 3. The van der Waals surface area contributed by atoms with Crippen LogP contribution in [0.15, 0.2) is 77.4 Å². The lowest BCUT2D eigenvalue weighted by Crippen LogP contribution is -2.09. The molecule has 6 nitrogen and oxygen atoms in total. The zero-order chi connectivity index (χ0) is 22.7. The molecule has 1 aliphatic rings. The first kappa shape index (κ1) is 21.6. The third kappa shape index (κ3) is 4.82. The minimum Gasteiger partial charge on any atom is -0.493 e. The zero-order valence-electron chi connectivity index (χ0n) is 16.7. The Morgan fingerprint density at radius 3 is 2.47 bits per heavy atom. The van der Waals surface area contributed by atoms with E-state index in [9.17, 15) is 9.59 Å². The van der Waals surface area contributed by atoms with E-state index in [2.05, 4.69) is 4.99 Å². The predicted molar refractivity (Wildman–Crippen MR) is 121 cm³/mol. The number of esters is 2. The van der Waals surface area contributed by atoms with E-state index in [1.54, 1.807) is 72.8 Å². The minimum atomic E-state index is -0.586. The zero-order valence-corrected chi connectivity index (χ0v) is 18.2. The van der Waals surface area contributed by atoms with Crippen molar-refractivity contribution in [2.24, 2.45) is 4.99 Å². The van der Waals surface area contributed by atoms with Gasteiger partial charge in [-0.05, 0) is 66.2 Å². The van der Waals surface area contributed by atoms with Crippen LogP contribution in [0.5, 0.6) is 11.5 Å². The fourth-order valence-electron chi connectivity index (χ4n) is 2.92. The number of aliphatic imine (C=N–C) groups is 1. The highest BCUT2D eigenvalue weighted by atomic mass is 35.5. The van der Waals surface area contributed by atoms with Crippen LogP contribution in [0.4, 0.5) is 0 Å². The molecular weight excluding hydrogens is 453 g/mol. The molecule has 0 atom stereocenters. The summed E-state index contributed by atoms with van der Waals surface area (Å²) in [6.45, 7) is 0. The number of carbonyl (C=O) groups excluding carboxylic acids is 2. The third-order valence-electron chi connectivity index (χ3n) is 4.47. The van der Waals surface area contributed by atoms with Gasteiger partial charge in [-0.1, -0.05) is 35.3 Å². The van der Waals surface area contributed by atoms with Crippen molar-refractivity contribution in [1.29, 1.82) is 0 Å². The highest BCUT2D eigenvalue weighted by Crippen LogP contribution is 2.30. The van der Waals surface area contributed by atoms with E-state index in [1.165, 1.54) is 7.11 Å². The molecule has 0 fully saturated rings. The SMILES string of the molecule is COc1cc(/C=C2\N=C(c3cccc(Cl)c3)OC2=O)ccc1OC(=O)c1ccc(Cl)cc1. The Morgan fingerprint density at radius 1 is 0.969 bits per heavy atom. The summed E-state index contributed by atoms with van der Waals surface area (Å²) in [6.07, 6.45) is 1.55. The molecule has 4 rings (SSSR count). The molecular formula is C24H15Cl2NO5. The van der Waals surface area contributed by atoms with Crippen molar-refractivity contribution in [3.63, 3.8) is 0 Å². The molecule has 3 aromatic rings. The van der Waals surface area contributed by atoms with Crippen molar-refractivity contribution < 1.29 is 23.8 Å². The van der Waals surface area contributed by atoms with Crippen molar-refractivity contribution in [2.45, 2.75) is 0 Å². The average Bonchev–Trinajstić information content (AvgIpc) is 3.15. The van der Waals surface area contributed by atoms with Gasteiger partial charge in [0.25, 0.3) is 0 Å². The molecule has 0 N–H and O–H groups in total. The smallest absolute Gasteiger partial charge is 0.363 e. The van der Waals surface area contributed by atoms with Crippen LogP contribution in [0.1, 0.15) is 21.5 Å². The molecule has 0 aromatic heterocycles. The molecule has 0 aliphatic carbocycles. The third-order valence-corrected chi connectivity index (χ3v) is 4.95. The van der Waals surface area contributed by atoms with Gasteiger partial charge in [-0.25, -0.2) is 14.6 Å². The summed E-state index contributed by atoms with van der Waals surface area (Å²) in [5, 5.41) is 1.02. The lowest BCUT2D eigenvalue weighted by atomic mass is 10.1. The molecule has 0 amide bonds.